The summed E-state index contributed by atoms with van der Waals surface area (Å²) in [5, 5.41) is 3.49. The summed E-state index contributed by atoms with van der Waals surface area (Å²) in [5.41, 5.74) is 2.64. The number of ether oxygens (including phenoxy) is 1. The molecule has 1 unspecified atom stereocenters. The van der Waals surface area contributed by atoms with E-state index >= 15 is 0 Å². The lowest BCUT2D eigenvalue weighted by Crippen LogP contribution is -2.45. The minimum absolute atomic E-state index is 0.406. The molecule has 3 rings (SSSR count). The van der Waals surface area contributed by atoms with Crippen molar-refractivity contribution >= 4 is 0 Å². The van der Waals surface area contributed by atoms with Crippen molar-refractivity contribution in [2.45, 2.75) is 12.6 Å². The van der Waals surface area contributed by atoms with Crippen molar-refractivity contribution in [1.29, 1.82) is 0 Å². The lowest BCUT2D eigenvalue weighted by molar-refractivity contribution is 0.153. The third-order valence-electron chi connectivity index (χ3n) is 3.99. The van der Waals surface area contributed by atoms with Gasteiger partial charge in [0, 0.05) is 44.6 Å². The lowest BCUT2D eigenvalue weighted by Gasteiger charge is -2.36. The van der Waals surface area contributed by atoms with Gasteiger partial charge in [-0.3, -0.25) is 9.88 Å². The summed E-state index contributed by atoms with van der Waals surface area (Å²) < 4.78 is 5.22. The van der Waals surface area contributed by atoms with Crippen LogP contribution in [-0.4, -0.2) is 36.6 Å². The SMILES string of the molecule is COc1ccc(CN2CCNCC2c2ccncc2)cc1. The van der Waals surface area contributed by atoms with Gasteiger partial charge in [-0.05, 0) is 35.4 Å². The van der Waals surface area contributed by atoms with Gasteiger partial charge < -0.3 is 10.1 Å². The molecule has 1 fully saturated rings. The molecule has 4 nitrogen and oxygen atoms in total. The van der Waals surface area contributed by atoms with E-state index in [4.69, 9.17) is 4.74 Å². The Morgan fingerprint density at radius 3 is 2.67 bits per heavy atom. The van der Waals surface area contributed by atoms with Gasteiger partial charge in [0.1, 0.15) is 5.75 Å². The van der Waals surface area contributed by atoms with Gasteiger partial charge in [0.25, 0.3) is 0 Å². The molecule has 21 heavy (non-hydrogen) atoms. The van der Waals surface area contributed by atoms with Crippen molar-refractivity contribution in [3.63, 3.8) is 0 Å². The van der Waals surface area contributed by atoms with Crippen molar-refractivity contribution < 1.29 is 4.74 Å². The smallest absolute Gasteiger partial charge is 0.118 e. The third kappa shape index (κ3) is 3.40. The molecule has 0 spiro atoms. The number of aromatic nitrogens is 1. The summed E-state index contributed by atoms with van der Waals surface area (Å²) in [6, 6.07) is 13.0. The summed E-state index contributed by atoms with van der Waals surface area (Å²) in [4.78, 5) is 6.64. The maximum atomic E-state index is 5.22. The third-order valence-corrected chi connectivity index (χ3v) is 3.99. The highest BCUT2D eigenvalue weighted by Crippen LogP contribution is 2.24. The molecule has 0 aliphatic carbocycles. The van der Waals surface area contributed by atoms with E-state index in [0.29, 0.717) is 6.04 Å². The van der Waals surface area contributed by atoms with Crippen LogP contribution in [-0.2, 0) is 6.54 Å². The number of piperazine rings is 1. The van der Waals surface area contributed by atoms with Gasteiger partial charge in [0.2, 0.25) is 0 Å². The van der Waals surface area contributed by atoms with E-state index in [-0.39, 0.29) is 0 Å². The topological polar surface area (TPSA) is 37.4 Å². The lowest BCUT2D eigenvalue weighted by atomic mass is 10.0. The molecule has 2 heterocycles. The van der Waals surface area contributed by atoms with Crippen molar-refractivity contribution in [2.75, 3.05) is 26.7 Å². The molecule has 1 aliphatic rings. The predicted octanol–water partition coefficient (Wildman–Crippen LogP) is 2.24. The molecule has 1 atom stereocenters. The van der Waals surface area contributed by atoms with E-state index in [1.807, 2.05) is 24.5 Å². The number of benzene rings is 1. The van der Waals surface area contributed by atoms with Crippen LogP contribution < -0.4 is 10.1 Å². The second-order valence-corrected chi connectivity index (χ2v) is 5.32. The van der Waals surface area contributed by atoms with Gasteiger partial charge in [-0.25, -0.2) is 0 Å². The molecule has 110 valence electrons. The zero-order chi connectivity index (χ0) is 14.5. The standard InChI is InChI=1S/C17H21N3O/c1-21-16-4-2-14(3-5-16)13-20-11-10-19-12-17(20)15-6-8-18-9-7-15/h2-9,17,19H,10-13H2,1H3. The van der Waals surface area contributed by atoms with Crippen molar-refractivity contribution in [3.8, 4) is 5.75 Å². The molecule has 1 aliphatic heterocycles. The summed E-state index contributed by atoms with van der Waals surface area (Å²) >= 11 is 0. The summed E-state index contributed by atoms with van der Waals surface area (Å²) in [6.45, 7) is 4.04. The van der Waals surface area contributed by atoms with Crippen molar-refractivity contribution in [2.24, 2.45) is 0 Å². The minimum atomic E-state index is 0.406. The highest BCUT2D eigenvalue weighted by atomic mass is 16.5. The quantitative estimate of drug-likeness (QED) is 0.934. The Morgan fingerprint density at radius 2 is 1.95 bits per heavy atom. The number of hydrogen-bond donors (Lipinski definition) is 1. The van der Waals surface area contributed by atoms with Gasteiger partial charge >= 0.3 is 0 Å². The molecular formula is C17H21N3O. The van der Waals surface area contributed by atoms with Crippen molar-refractivity contribution in [1.82, 2.24) is 15.2 Å². The number of methoxy groups -OCH3 is 1. The molecule has 1 N–H and O–H groups in total. The molecule has 4 heteroatoms. The van der Waals surface area contributed by atoms with E-state index in [1.165, 1.54) is 11.1 Å². The molecule has 1 aromatic heterocycles. The van der Waals surface area contributed by atoms with Crippen LogP contribution >= 0.6 is 0 Å². The maximum absolute atomic E-state index is 5.22. The molecule has 0 bridgehead atoms. The van der Waals surface area contributed by atoms with Crippen LogP contribution in [0.2, 0.25) is 0 Å². The normalized spacial score (nSPS) is 19.4. The zero-order valence-corrected chi connectivity index (χ0v) is 12.3. The number of hydrogen-bond acceptors (Lipinski definition) is 4. The Kier molecular flexibility index (Phi) is 4.48. The van der Waals surface area contributed by atoms with Crippen LogP contribution in [0.25, 0.3) is 0 Å². The Labute approximate surface area is 125 Å². The fourth-order valence-corrected chi connectivity index (χ4v) is 2.82. The summed E-state index contributed by atoms with van der Waals surface area (Å²) in [7, 11) is 1.70. The highest BCUT2D eigenvalue weighted by molar-refractivity contribution is 5.27. The van der Waals surface area contributed by atoms with Gasteiger partial charge in [0.15, 0.2) is 0 Å². The van der Waals surface area contributed by atoms with E-state index in [0.717, 1.165) is 31.9 Å². The van der Waals surface area contributed by atoms with Gasteiger partial charge in [-0.15, -0.1) is 0 Å². The fraction of sp³-hybridized carbons (Fsp3) is 0.353. The first-order chi connectivity index (χ1) is 10.4. The van der Waals surface area contributed by atoms with Crippen LogP contribution in [0.15, 0.2) is 48.8 Å². The minimum Gasteiger partial charge on any atom is -0.497 e. The van der Waals surface area contributed by atoms with Gasteiger partial charge in [-0.2, -0.15) is 0 Å². The molecule has 1 aromatic carbocycles. The number of pyridine rings is 1. The van der Waals surface area contributed by atoms with Crippen LogP contribution in [0.1, 0.15) is 17.2 Å². The van der Waals surface area contributed by atoms with Gasteiger partial charge in [0.05, 0.1) is 7.11 Å². The van der Waals surface area contributed by atoms with Crippen LogP contribution in [0.4, 0.5) is 0 Å². The Bertz CT molecular complexity index is 556. The second kappa shape index (κ2) is 6.70. The van der Waals surface area contributed by atoms with E-state index < -0.39 is 0 Å². The predicted molar refractivity (Wildman–Crippen MR) is 83.3 cm³/mol. The molecule has 2 aromatic rings. The molecular weight excluding hydrogens is 262 g/mol. The van der Waals surface area contributed by atoms with Crippen molar-refractivity contribution in [3.05, 3.63) is 59.9 Å². The zero-order valence-electron chi connectivity index (χ0n) is 12.3. The van der Waals surface area contributed by atoms with Crippen LogP contribution in [0, 0.1) is 0 Å². The van der Waals surface area contributed by atoms with Crippen LogP contribution in [0.3, 0.4) is 0 Å². The molecule has 1 saturated heterocycles. The average molecular weight is 283 g/mol. The van der Waals surface area contributed by atoms with Gasteiger partial charge in [-0.1, -0.05) is 12.1 Å². The molecule has 0 amide bonds. The van der Waals surface area contributed by atoms with E-state index in [2.05, 4.69) is 39.5 Å². The molecule has 0 radical (unpaired) electrons. The number of nitrogens with zero attached hydrogens (tertiary/aromatic N) is 2. The summed E-state index contributed by atoms with van der Waals surface area (Å²) in [5.74, 6) is 0.907. The summed E-state index contributed by atoms with van der Waals surface area (Å²) in [6.07, 6.45) is 3.74. The first-order valence-corrected chi connectivity index (χ1v) is 7.34. The second-order valence-electron chi connectivity index (χ2n) is 5.32. The van der Waals surface area contributed by atoms with E-state index in [1.54, 1.807) is 7.11 Å². The maximum Gasteiger partial charge on any atom is 0.118 e. The first-order valence-electron chi connectivity index (χ1n) is 7.34. The monoisotopic (exact) mass is 283 g/mol. The largest absolute Gasteiger partial charge is 0.497 e. The van der Waals surface area contributed by atoms with E-state index in [9.17, 15) is 0 Å². The number of rotatable bonds is 4. The average Bonchev–Trinajstić information content (AvgIpc) is 2.57. The first kappa shape index (κ1) is 14.0. The highest BCUT2D eigenvalue weighted by Gasteiger charge is 2.23. The number of nitrogens with one attached hydrogen (secondary N) is 1. The molecule has 0 saturated carbocycles. The Morgan fingerprint density at radius 1 is 1.19 bits per heavy atom. The fourth-order valence-electron chi connectivity index (χ4n) is 2.82. The van der Waals surface area contributed by atoms with Crippen LogP contribution in [0.5, 0.6) is 5.75 Å². The Hall–Kier alpha value is -1.91. The Balaban J connectivity index is 1.75.